The summed E-state index contributed by atoms with van der Waals surface area (Å²) in [6.45, 7) is 0. The first-order valence-electron chi connectivity index (χ1n) is 6.94. The number of nitrogens with zero attached hydrogens (tertiary/aromatic N) is 3. The Morgan fingerprint density at radius 3 is 2.96 bits per heavy atom. The number of aromatic nitrogens is 3. The van der Waals surface area contributed by atoms with Gasteiger partial charge in [-0.3, -0.25) is 4.79 Å². The van der Waals surface area contributed by atoms with Gasteiger partial charge in [0.05, 0.1) is 0 Å². The SMILES string of the molecule is CSc1nnc(C2Cc3ccccc3-c3noc(C(N)=O)c32)s1. The van der Waals surface area contributed by atoms with Gasteiger partial charge < -0.3 is 10.3 Å². The lowest BCUT2D eigenvalue weighted by Crippen LogP contribution is -2.18. The van der Waals surface area contributed by atoms with Crippen molar-refractivity contribution >= 4 is 29.0 Å². The van der Waals surface area contributed by atoms with Crippen molar-refractivity contribution in [2.75, 3.05) is 6.26 Å². The standard InChI is InChI=1S/C15H12N4O2S2/c1-22-15-18-17-14(23-15)9-6-7-4-2-3-5-8(7)11-10(9)12(13(16)20)21-19-11/h2-5,9H,6H2,1H3,(H2,16,20). The summed E-state index contributed by atoms with van der Waals surface area (Å²) in [5.41, 5.74) is 8.98. The van der Waals surface area contributed by atoms with Gasteiger partial charge in [-0.1, -0.05) is 52.5 Å². The Bertz CT molecular complexity index is 903. The number of carbonyl (C=O) groups is 1. The van der Waals surface area contributed by atoms with E-state index in [0.717, 1.165) is 26.0 Å². The zero-order valence-corrected chi connectivity index (χ0v) is 13.8. The Balaban J connectivity index is 1.93. The highest BCUT2D eigenvalue weighted by Crippen LogP contribution is 2.44. The monoisotopic (exact) mass is 344 g/mol. The summed E-state index contributed by atoms with van der Waals surface area (Å²) in [5.74, 6) is -0.620. The molecule has 2 heterocycles. The molecule has 1 aliphatic rings. The molecule has 1 aromatic carbocycles. The molecule has 4 rings (SSSR count). The fourth-order valence-corrected chi connectivity index (χ4v) is 4.30. The van der Waals surface area contributed by atoms with Crippen molar-refractivity contribution in [2.45, 2.75) is 16.7 Å². The maximum absolute atomic E-state index is 11.7. The molecular formula is C15H12N4O2S2. The summed E-state index contributed by atoms with van der Waals surface area (Å²) in [4.78, 5) is 11.7. The third-order valence-corrected chi connectivity index (χ3v) is 5.90. The number of amides is 1. The van der Waals surface area contributed by atoms with Crippen LogP contribution in [0.15, 0.2) is 33.1 Å². The van der Waals surface area contributed by atoms with Crippen LogP contribution in [0.1, 0.15) is 32.6 Å². The highest BCUT2D eigenvalue weighted by molar-refractivity contribution is 8.00. The number of thioether (sulfide) groups is 1. The van der Waals surface area contributed by atoms with Gasteiger partial charge >= 0.3 is 0 Å². The molecule has 1 amide bonds. The maximum Gasteiger partial charge on any atom is 0.287 e. The van der Waals surface area contributed by atoms with Crippen LogP contribution >= 0.6 is 23.1 Å². The van der Waals surface area contributed by atoms with Crippen molar-refractivity contribution in [3.05, 3.63) is 46.2 Å². The van der Waals surface area contributed by atoms with Crippen LogP contribution in [0, 0.1) is 0 Å². The summed E-state index contributed by atoms with van der Waals surface area (Å²) >= 11 is 3.07. The Labute approximate surface area is 140 Å². The minimum Gasteiger partial charge on any atom is -0.363 e. The van der Waals surface area contributed by atoms with E-state index in [1.54, 1.807) is 11.8 Å². The predicted molar refractivity (Wildman–Crippen MR) is 87.7 cm³/mol. The van der Waals surface area contributed by atoms with E-state index in [0.29, 0.717) is 12.1 Å². The van der Waals surface area contributed by atoms with Gasteiger partial charge in [-0.05, 0) is 18.2 Å². The highest BCUT2D eigenvalue weighted by atomic mass is 32.2. The number of carbonyl (C=O) groups excluding carboxylic acids is 1. The zero-order chi connectivity index (χ0) is 16.0. The van der Waals surface area contributed by atoms with Gasteiger partial charge in [0, 0.05) is 17.0 Å². The molecule has 1 aliphatic carbocycles. The van der Waals surface area contributed by atoms with Crippen molar-refractivity contribution in [2.24, 2.45) is 5.73 Å². The molecule has 0 spiro atoms. The fraction of sp³-hybridized carbons (Fsp3) is 0.200. The van der Waals surface area contributed by atoms with Crippen LogP contribution in [0.5, 0.6) is 0 Å². The number of benzene rings is 1. The quantitative estimate of drug-likeness (QED) is 0.734. The molecule has 0 radical (unpaired) electrons. The highest BCUT2D eigenvalue weighted by Gasteiger charge is 2.36. The molecule has 23 heavy (non-hydrogen) atoms. The van der Waals surface area contributed by atoms with Gasteiger partial charge in [0.25, 0.3) is 5.91 Å². The average Bonchev–Trinajstić information content (AvgIpc) is 3.21. The van der Waals surface area contributed by atoms with E-state index < -0.39 is 5.91 Å². The fourth-order valence-electron chi connectivity index (χ4n) is 2.90. The van der Waals surface area contributed by atoms with Crippen LogP contribution in [0.25, 0.3) is 11.3 Å². The van der Waals surface area contributed by atoms with Gasteiger partial charge in [-0.15, -0.1) is 10.2 Å². The van der Waals surface area contributed by atoms with E-state index in [1.807, 2.05) is 24.5 Å². The number of nitrogens with two attached hydrogens (primary N) is 1. The molecule has 6 nitrogen and oxygen atoms in total. The third kappa shape index (κ3) is 2.25. The average molecular weight is 344 g/mol. The Hall–Kier alpha value is -2.19. The second-order valence-corrected chi connectivity index (χ2v) is 7.22. The first kappa shape index (κ1) is 14.4. The van der Waals surface area contributed by atoms with Crippen molar-refractivity contribution in [1.82, 2.24) is 15.4 Å². The molecule has 8 heteroatoms. The van der Waals surface area contributed by atoms with Crippen molar-refractivity contribution in [1.29, 1.82) is 0 Å². The van der Waals surface area contributed by atoms with Crippen LogP contribution in [-0.2, 0) is 6.42 Å². The van der Waals surface area contributed by atoms with Crippen LogP contribution in [-0.4, -0.2) is 27.5 Å². The molecule has 3 aromatic rings. The summed E-state index contributed by atoms with van der Waals surface area (Å²) < 4.78 is 6.13. The summed E-state index contributed by atoms with van der Waals surface area (Å²) in [5, 5.41) is 13.4. The lowest BCUT2D eigenvalue weighted by atomic mass is 9.81. The first-order chi connectivity index (χ1) is 11.2. The molecule has 0 bridgehead atoms. The minimum absolute atomic E-state index is 0.111. The number of hydrogen-bond donors (Lipinski definition) is 1. The Kier molecular flexibility index (Phi) is 3.42. The van der Waals surface area contributed by atoms with Gasteiger partial charge in [0.15, 0.2) is 4.34 Å². The predicted octanol–water partition coefficient (Wildman–Crippen LogP) is 2.70. The van der Waals surface area contributed by atoms with Crippen LogP contribution in [0.3, 0.4) is 0 Å². The topological polar surface area (TPSA) is 94.9 Å². The van der Waals surface area contributed by atoms with Gasteiger partial charge in [0.2, 0.25) is 5.76 Å². The third-order valence-electron chi connectivity index (χ3n) is 3.89. The van der Waals surface area contributed by atoms with E-state index in [2.05, 4.69) is 21.4 Å². The maximum atomic E-state index is 11.7. The second kappa shape index (κ2) is 5.47. The summed E-state index contributed by atoms with van der Waals surface area (Å²) in [7, 11) is 0. The van der Waals surface area contributed by atoms with Crippen molar-refractivity contribution in [3.8, 4) is 11.3 Å². The molecule has 0 saturated heterocycles. The van der Waals surface area contributed by atoms with Gasteiger partial charge in [-0.25, -0.2) is 0 Å². The Morgan fingerprint density at radius 2 is 2.22 bits per heavy atom. The zero-order valence-electron chi connectivity index (χ0n) is 12.1. The van der Waals surface area contributed by atoms with E-state index in [1.165, 1.54) is 11.3 Å². The molecular weight excluding hydrogens is 332 g/mol. The molecule has 0 fully saturated rings. The molecule has 2 N–H and O–H groups in total. The second-order valence-electron chi connectivity index (χ2n) is 5.16. The molecule has 1 unspecified atom stereocenters. The van der Waals surface area contributed by atoms with Crippen LogP contribution in [0.4, 0.5) is 0 Å². The molecule has 116 valence electrons. The number of rotatable bonds is 3. The lowest BCUT2D eigenvalue weighted by Gasteiger charge is -2.22. The first-order valence-corrected chi connectivity index (χ1v) is 8.98. The minimum atomic E-state index is -0.613. The summed E-state index contributed by atoms with van der Waals surface area (Å²) in [6, 6.07) is 7.97. The number of primary amides is 1. The van der Waals surface area contributed by atoms with Gasteiger partial charge in [0.1, 0.15) is 10.7 Å². The van der Waals surface area contributed by atoms with Crippen LogP contribution < -0.4 is 5.73 Å². The number of hydrogen-bond acceptors (Lipinski definition) is 7. The molecule has 2 aromatic heterocycles. The summed E-state index contributed by atoms with van der Waals surface area (Å²) in [6.07, 6.45) is 2.67. The number of fused-ring (bicyclic) bond motifs is 3. The molecule has 0 saturated carbocycles. The Morgan fingerprint density at radius 1 is 1.39 bits per heavy atom. The van der Waals surface area contributed by atoms with E-state index in [-0.39, 0.29) is 11.7 Å². The van der Waals surface area contributed by atoms with Crippen LogP contribution in [0.2, 0.25) is 0 Å². The van der Waals surface area contributed by atoms with E-state index in [4.69, 9.17) is 10.3 Å². The van der Waals surface area contributed by atoms with E-state index in [9.17, 15) is 4.79 Å². The van der Waals surface area contributed by atoms with E-state index >= 15 is 0 Å². The molecule has 0 aliphatic heterocycles. The smallest absolute Gasteiger partial charge is 0.287 e. The molecule has 1 atom stereocenters. The normalized spacial score (nSPS) is 16.0. The van der Waals surface area contributed by atoms with Crippen molar-refractivity contribution < 1.29 is 9.32 Å². The largest absolute Gasteiger partial charge is 0.363 e. The lowest BCUT2D eigenvalue weighted by molar-refractivity contribution is 0.0963. The van der Waals surface area contributed by atoms with Crippen molar-refractivity contribution in [3.63, 3.8) is 0 Å². The van der Waals surface area contributed by atoms with Gasteiger partial charge in [-0.2, -0.15) is 0 Å².